The van der Waals surface area contributed by atoms with Crippen LogP contribution in [-0.4, -0.2) is 14.2 Å². The highest BCUT2D eigenvalue weighted by Gasteiger charge is 2.07. The number of hydrogen-bond donors (Lipinski definition) is 1. The number of sulfonamides is 1. The Hall–Kier alpha value is -0.810. The zero-order chi connectivity index (χ0) is 9.73. The standard InChI is InChI=1S/C8H13NO3S/c1-2-5-13(10,11)9-6-8-3-4-12-7-8/h3-4,7,9H,2,5-6H2,1H3. The maximum atomic E-state index is 11.2. The molecule has 1 rings (SSSR count). The van der Waals surface area contributed by atoms with Gasteiger partial charge >= 0.3 is 0 Å². The van der Waals surface area contributed by atoms with Crippen molar-refractivity contribution in [3.63, 3.8) is 0 Å². The third-order valence-electron chi connectivity index (χ3n) is 1.55. The van der Waals surface area contributed by atoms with E-state index in [-0.39, 0.29) is 5.75 Å². The van der Waals surface area contributed by atoms with Crippen LogP contribution in [0.25, 0.3) is 0 Å². The van der Waals surface area contributed by atoms with Gasteiger partial charge < -0.3 is 4.42 Å². The van der Waals surface area contributed by atoms with Crippen LogP contribution in [0.5, 0.6) is 0 Å². The van der Waals surface area contributed by atoms with E-state index in [1.54, 1.807) is 6.07 Å². The first-order valence-corrected chi connectivity index (χ1v) is 5.77. The number of furan rings is 1. The van der Waals surface area contributed by atoms with Crippen molar-refractivity contribution in [1.82, 2.24) is 4.72 Å². The first-order valence-electron chi connectivity index (χ1n) is 4.12. The van der Waals surface area contributed by atoms with Crippen molar-refractivity contribution in [3.05, 3.63) is 24.2 Å². The maximum absolute atomic E-state index is 11.2. The van der Waals surface area contributed by atoms with Crippen LogP contribution in [0.1, 0.15) is 18.9 Å². The molecule has 0 amide bonds. The summed E-state index contributed by atoms with van der Waals surface area (Å²) in [4.78, 5) is 0. The first-order chi connectivity index (χ1) is 6.14. The van der Waals surface area contributed by atoms with Gasteiger partial charge in [0.1, 0.15) is 0 Å². The van der Waals surface area contributed by atoms with Crippen molar-refractivity contribution in [1.29, 1.82) is 0 Å². The smallest absolute Gasteiger partial charge is 0.211 e. The first kappa shape index (κ1) is 10.3. The fourth-order valence-electron chi connectivity index (χ4n) is 0.927. The second-order valence-corrected chi connectivity index (χ2v) is 4.70. The van der Waals surface area contributed by atoms with Gasteiger partial charge in [0, 0.05) is 12.1 Å². The summed E-state index contributed by atoms with van der Waals surface area (Å²) in [6, 6.07) is 1.73. The fourth-order valence-corrected chi connectivity index (χ4v) is 2.00. The number of hydrogen-bond acceptors (Lipinski definition) is 3. The van der Waals surface area contributed by atoms with Crippen molar-refractivity contribution in [2.24, 2.45) is 0 Å². The molecule has 0 saturated heterocycles. The molecule has 1 aromatic rings. The lowest BCUT2D eigenvalue weighted by Gasteiger charge is -2.02. The van der Waals surface area contributed by atoms with E-state index < -0.39 is 10.0 Å². The summed E-state index contributed by atoms with van der Waals surface area (Å²) in [6.45, 7) is 2.13. The Morgan fingerprint density at radius 1 is 1.54 bits per heavy atom. The molecule has 74 valence electrons. The lowest BCUT2D eigenvalue weighted by atomic mass is 10.4. The van der Waals surface area contributed by atoms with Gasteiger partial charge in [0.15, 0.2) is 0 Å². The lowest BCUT2D eigenvalue weighted by Crippen LogP contribution is -2.25. The highest BCUT2D eigenvalue weighted by atomic mass is 32.2. The molecular formula is C8H13NO3S. The largest absolute Gasteiger partial charge is 0.472 e. The van der Waals surface area contributed by atoms with Crippen molar-refractivity contribution < 1.29 is 12.8 Å². The van der Waals surface area contributed by atoms with Crippen LogP contribution in [-0.2, 0) is 16.6 Å². The van der Waals surface area contributed by atoms with E-state index in [4.69, 9.17) is 4.42 Å². The highest BCUT2D eigenvalue weighted by Crippen LogP contribution is 2.00. The van der Waals surface area contributed by atoms with E-state index in [1.807, 2.05) is 6.92 Å². The van der Waals surface area contributed by atoms with E-state index >= 15 is 0 Å². The molecule has 1 N–H and O–H groups in total. The Bertz CT molecular complexity index is 328. The molecule has 4 nitrogen and oxygen atoms in total. The van der Waals surface area contributed by atoms with Crippen LogP contribution in [0.15, 0.2) is 23.0 Å². The van der Waals surface area contributed by atoms with Crippen LogP contribution in [0.2, 0.25) is 0 Å². The lowest BCUT2D eigenvalue weighted by molar-refractivity contribution is 0.561. The summed E-state index contributed by atoms with van der Waals surface area (Å²) in [5.41, 5.74) is 0.833. The SMILES string of the molecule is CCCS(=O)(=O)NCc1ccoc1. The van der Waals surface area contributed by atoms with E-state index in [1.165, 1.54) is 12.5 Å². The summed E-state index contributed by atoms with van der Waals surface area (Å²) in [5.74, 6) is 0.171. The topological polar surface area (TPSA) is 59.3 Å². The molecular weight excluding hydrogens is 190 g/mol. The average Bonchev–Trinajstić information content (AvgIpc) is 2.52. The molecule has 1 heterocycles. The molecule has 0 spiro atoms. The van der Waals surface area contributed by atoms with Gasteiger partial charge in [-0.25, -0.2) is 13.1 Å². The van der Waals surface area contributed by atoms with Gasteiger partial charge in [-0.15, -0.1) is 0 Å². The van der Waals surface area contributed by atoms with Crippen LogP contribution < -0.4 is 4.72 Å². The zero-order valence-corrected chi connectivity index (χ0v) is 8.30. The molecule has 0 aromatic carbocycles. The van der Waals surface area contributed by atoms with Gasteiger partial charge in [0.25, 0.3) is 0 Å². The van der Waals surface area contributed by atoms with E-state index in [0.29, 0.717) is 13.0 Å². The van der Waals surface area contributed by atoms with Crippen LogP contribution in [0.4, 0.5) is 0 Å². The summed E-state index contributed by atoms with van der Waals surface area (Å²) < 4.78 is 29.6. The van der Waals surface area contributed by atoms with Crippen molar-refractivity contribution in [3.8, 4) is 0 Å². The summed E-state index contributed by atoms with van der Waals surface area (Å²) in [5, 5.41) is 0. The third-order valence-corrected chi connectivity index (χ3v) is 3.08. The Morgan fingerprint density at radius 2 is 2.31 bits per heavy atom. The van der Waals surface area contributed by atoms with Crippen LogP contribution in [0, 0.1) is 0 Å². The minimum atomic E-state index is -3.10. The van der Waals surface area contributed by atoms with Gasteiger partial charge in [0.2, 0.25) is 10.0 Å². The monoisotopic (exact) mass is 203 g/mol. The van der Waals surface area contributed by atoms with Gasteiger partial charge in [0.05, 0.1) is 18.3 Å². The molecule has 13 heavy (non-hydrogen) atoms. The minimum absolute atomic E-state index is 0.171. The Labute approximate surface area is 78.0 Å². The Morgan fingerprint density at radius 3 is 2.85 bits per heavy atom. The van der Waals surface area contributed by atoms with E-state index in [0.717, 1.165) is 5.56 Å². The molecule has 0 radical (unpaired) electrons. The van der Waals surface area contributed by atoms with E-state index in [9.17, 15) is 8.42 Å². The molecule has 0 aliphatic rings. The van der Waals surface area contributed by atoms with Crippen molar-refractivity contribution >= 4 is 10.0 Å². The molecule has 0 fully saturated rings. The predicted octanol–water partition coefficient (Wildman–Crippen LogP) is 1.11. The van der Waals surface area contributed by atoms with Gasteiger partial charge in [-0.1, -0.05) is 6.92 Å². The molecule has 0 atom stereocenters. The number of rotatable bonds is 5. The quantitative estimate of drug-likeness (QED) is 0.779. The van der Waals surface area contributed by atoms with Crippen LogP contribution >= 0.6 is 0 Å². The molecule has 0 bridgehead atoms. The molecule has 0 unspecified atom stereocenters. The molecule has 5 heteroatoms. The molecule has 0 saturated carbocycles. The number of nitrogens with one attached hydrogen (secondary N) is 1. The second kappa shape index (κ2) is 4.43. The van der Waals surface area contributed by atoms with Crippen molar-refractivity contribution in [2.45, 2.75) is 19.9 Å². The van der Waals surface area contributed by atoms with E-state index in [2.05, 4.69) is 4.72 Å². The maximum Gasteiger partial charge on any atom is 0.211 e. The molecule has 0 aliphatic heterocycles. The summed E-state index contributed by atoms with van der Waals surface area (Å²) in [7, 11) is -3.10. The Balaban J connectivity index is 2.43. The summed E-state index contributed by atoms with van der Waals surface area (Å²) >= 11 is 0. The molecule has 1 aromatic heterocycles. The minimum Gasteiger partial charge on any atom is -0.472 e. The predicted molar refractivity (Wildman–Crippen MR) is 49.6 cm³/mol. The van der Waals surface area contributed by atoms with Crippen molar-refractivity contribution in [2.75, 3.05) is 5.75 Å². The third kappa shape index (κ3) is 3.61. The summed E-state index contributed by atoms with van der Waals surface area (Å²) in [6.07, 6.45) is 3.67. The van der Waals surface area contributed by atoms with Gasteiger partial charge in [-0.2, -0.15) is 0 Å². The second-order valence-electron chi connectivity index (χ2n) is 2.77. The normalized spacial score (nSPS) is 11.8. The molecule has 0 aliphatic carbocycles. The average molecular weight is 203 g/mol. The van der Waals surface area contributed by atoms with Gasteiger partial charge in [-0.05, 0) is 12.5 Å². The fraction of sp³-hybridized carbons (Fsp3) is 0.500. The van der Waals surface area contributed by atoms with Crippen LogP contribution in [0.3, 0.4) is 0 Å². The Kier molecular flexibility index (Phi) is 3.50. The highest BCUT2D eigenvalue weighted by molar-refractivity contribution is 7.89. The van der Waals surface area contributed by atoms with Gasteiger partial charge in [-0.3, -0.25) is 0 Å². The zero-order valence-electron chi connectivity index (χ0n) is 7.49.